The van der Waals surface area contributed by atoms with Gasteiger partial charge in [-0.25, -0.2) is 4.98 Å². The summed E-state index contributed by atoms with van der Waals surface area (Å²) < 4.78 is 5.31. The first-order chi connectivity index (χ1) is 9.02. The molecule has 0 fully saturated rings. The van der Waals surface area contributed by atoms with Gasteiger partial charge in [0.2, 0.25) is 5.76 Å². The van der Waals surface area contributed by atoms with Crippen molar-refractivity contribution in [3.63, 3.8) is 0 Å². The van der Waals surface area contributed by atoms with Crippen LogP contribution >= 0.6 is 0 Å². The number of aryl methyl sites for hydroxylation is 2. The molecule has 0 aliphatic rings. The van der Waals surface area contributed by atoms with Crippen molar-refractivity contribution in [3.05, 3.63) is 47.2 Å². The van der Waals surface area contributed by atoms with Crippen molar-refractivity contribution in [3.8, 4) is 6.07 Å². The number of carbonyl (C=O) groups excluding carboxylic acids is 1. The van der Waals surface area contributed by atoms with Gasteiger partial charge >= 0.3 is 0 Å². The summed E-state index contributed by atoms with van der Waals surface area (Å²) in [6, 6.07) is 8.80. The van der Waals surface area contributed by atoms with Gasteiger partial charge in [0.25, 0.3) is 5.91 Å². The molecule has 5 heteroatoms. The Hall–Kier alpha value is -2.61. The largest absolute Gasteiger partial charge is 0.436 e. The van der Waals surface area contributed by atoms with Crippen LogP contribution in [0.5, 0.6) is 0 Å². The first-order valence-corrected chi connectivity index (χ1v) is 5.75. The Morgan fingerprint density at radius 3 is 2.42 bits per heavy atom. The van der Waals surface area contributed by atoms with E-state index in [0.29, 0.717) is 22.8 Å². The zero-order valence-electron chi connectivity index (χ0n) is 11.0. The van der Waals surface area contributed by atoms with E-state index < -0.39 is 0 Å². The molecule has 0 saturated heterocycles. The normalized spacial score (nSPS) is 10.0. The van der Waals surface area contributed by atoms with Gasteiger partial charge in [0.1, 0.15) is 0 Å². The SMILES string of the molecule is Cc1nc(C)c(C(=O)N(C)c2ccc(C#N)cc2)o1. The monoisotopic (exact) mass is 255 g/mol. The summed E-state index contributed by atoms with van der Waals surface area (Å²) in [5.74, 6) is 0.446. The molecule has 0 radical (unpaired) electrons. The van der Waals surface area contributed by atoms with Crippen LogP contribution in [0.4, 0.5) is 5.69 Å². The highest BCUT2D eigenvalue weighted by Crippen LogP contribution is 2.18. The maximum absolute atomic E-state index is 12.3. The Labute approximate surface area is 111 Å². The van der Waals surface area contributed by atoms with E-state index in [9.17, 15) is 4.79 Å². The first-order valence-electron chi connectivity index (χ1n) is 5.75. The zero-order valence-corrected chi connectivity index (χ0v) is 11.0. The number of benzene rings is 1. The summed E-state index contributed by atoms with van der Waals surface area (Å²) in [6.07, 6.45) is 0. The molecule has 0 bridgehead atoms. The fraction of sp³-hybridized carbons (Fsp3) is 0.214. The molecule has 0 aliphatic heterocycles. The maximum atomic E-state index is 12.3. The van der Waals surface area contributed by atoms with Crippen molar-refractivity contribution in [2.75, 3.05) is 11.9 Å². The zero-order chi connectivity index (χ0) is 14.0. The minimum atomic E-state index is -0.261. The van der Waals surface area contributed by atoms with Gasteiger partial charge in [0.05, 0.1) is 17.3 Å². The number of amides is 1. The number of nitriles is 1. The lowest BCUT2D eigenvalue weighted by molar-refractivity contribution is 0.0964. The molecule has 0 saturated carbocycles. The van der Waals surface area contributed by atoms with E-state index in [2.05, 4.69) is 4.98 Å². The Bertz CT molecular complexity index is 650. The van der Waals surface area contributed by atoms with Gasteiger partial charge in [0, 0.05) is 19.7 Å². The molecule has 1 aromatic carbocycles. The van der Waals surface area contributed by atoms with Crippen LogP contribution < -0.4 is 4.90 Å². The standard InChI is InChI=1S/C14H13N3O2/c1-9-13(19-10(2)16-9)14(18)17(3)12-6-4-11(8-15)5-7-12/h4-7H,1-3H3. The van der Waals surface area contributed by atoms with Crippen LogP contribution in [0, 0.1) is 25.2 Å². The predicted octanol–water partition coefficient (Wildman–Crippen LogP) is 2.44. The van der Waals surface area contributed by atoms with Crippen molar-refractivity contribution in [2.24, 2.45) is 0 Å². The molecule has 0 aliphatic carbocycles. The Morgan fingerprint density at radius 1 is 1.32 bits per heavy atom. The van der Waals surface area contributed by atoms with E-state index in [1.807, 2.05) is 6.07 Å². The molecule has 96 valence electrons. The molecule has 1 aromatic heterocycles. The van der Waals surface area contributed by atoms with Crippen molar-refractivity contribution in [2.45, 2.75) is 13.8 Å². The van der Waals surface area contributed by atoms with Crippen LogP contribution in [0.25, 0.3) is 0 Å². The molecular formula is C14H13N3O2. The van der Waals surface area contributed by atoms with Crippen molar-refractivity contribution < 1.29 is 9.21 Å². The molecule has 1 amide bonds. The van der Waals surface area contributed by atoms with E-state index >= 15 is 0 Å². The number of rotatable bonds is 2. The van der Waals surface area contributed by atoms with Crippen LogP contribution in [0.3, 0.4) is 0 Å². The van der Waals surface area contributed by atoms with Gasteiger partial charge in [-0.2, -0.15) is 5.26 Å². The molecule has 0 atom stereocenters. The number of carbonyl (C=O) groups is 1. The molecule has 0 unspecified atom stereocenters. The minimum Gasteiger partial charge on any atom is -0.436 e. The average Bonchev–Trinajstić information content (AvgIpc) is 2.76. The van der Waals surface area contributed by atoms with E-state index in [4.69, 9.17) is 9.68 Å². The second-order valence-electron chi connectivity index (χ2n) is 4.17. The van der Waals surface area contributed by atoms with Crippen LogP contribution in [0.1, 0.15) is 27.7 Å². The highest BCUT2D eigenvalue weighted by Gasteiger charge is 2.20. The fourth-order valence-corrected chi connectivity index (χ4v) is 1.76. The summed E-state index contributed by atoms with van der Waals surface area (Å²) >= 11 is 0. The van der Waals surface area contributed by atoms with Crippen LogP contribution in [-0.2, 0) is 0 Å². The number of anilines is 1. The molecule has 2 rings (SSSR count). The quantitative estimate of drug-likeness (QED) is 0.826. The van der Waals surface area contributed by atoms with Crippen molar-refractivity contribution in [1.82, 2.24) is 4.98 Å². The van der Waals surface area contributed by atoms with Crippen molar-refractivity contribution in [1.29, 1.82) is 5.26 Å². The number of hydrogen-bond acceptors (Lipinski definition) is 4. The van der Waals surface area contributed by atoms with E-state index in [1.54, 1.807) is 45.2 Å². The molecule has 1 heterocycles. The second kappa shape index (κ2) is 4.94. The maximum Gasteiger partial charge on any atom is 0.295 e. The van der Waals surface area contributed by atoms with Crippen LogP contribution in [0.15, 0.2) is 28.7 Å². The van der Waals surface area contributed by atoms with Gasteiger partial charge in [-0.3, -0.25) is 4.79 Å². The van der Waals surface area contributed by atoms with Crippen LogP contribution in [0.2, 0.25) is 0 Å². The molecule has 19 heavy (non-hydrogen) atoms. The Kier molecular flexibility index (Phi) is 3.34. The number of oxazole rings is 1. The van der Waals surface area contributed by atoms with E-state index in [1.165, 1.54) is 4.90 Å². The highest BCUT2D eigenvalue weighted by molar-refractivity contribution is 6.04. The molecule has 0 N–H and O–H groups in total. The van der Waals surface area contributed by atoms with E-state index in [-0.39, 0.29) is 11.7 Å². The number of aromatic nitrogens is 1. The van der Waals surface area contributed by atoms with E-state index in [0.717, 1.165) is 0 Å². The third-order valence-electron chi connectivity index (χ3n) is 2.79. The minimum absolute atomic E-state index is 0.240. The smallest absolute Gasteiger partial charge is 0.295 e. The number of nitrogens with zero attached hydrogens (tertiary/aromatic N) is 3. The highest BCUT2D eigenvalue weighted by atomic mass is 16.4. The first kappa shape index (κ1) is 12.8. The van der Waals surface area contributed by atoms with Crippen molar-refractivity contribution >= 4 is 11.6 Å². The lowest BCUT2D eigenvalue weighted by Crippen LogP contribution is -2.26. The third kappa shape index (κ3) is 2.47. The van der Waals surface area contributed by atoms with Gasteiger partial charge in [0.15, 0.2) is 5.89 Å². The average molecular weight is 255 g/mol. The van der Waals surface area contributed by atoms with Gasteiger partial charge < -0.3 is 9.32 Å². The summed E-state index contributed by atoms with van der Waals surface area (Å²) in [5.41, 5.74) is 1.82. The summed E-state index contributed by atoms with van der Waals surface area (Å²) in [6.45, 7) is 3.43. The lowest BCUT2D eigenvalue weighted by atomic mass is 10.2. The summed E-state index contributed by atoms with van der Waals surface area (Å²) in [5, 5.41) is 8.74. The second-order valence-corrected chi connectivity index (χ2v) is 4.17. The van der Waals surface area contributed by atoms with Gasteiger partial charge in [-0.1, -0.05) is 0 Å². The summed E-state index contributed by atoms with van der Waals surface area (Å²) in [7, 11) is 1.65. The van der Waals surface area contributed by atoms with Crippen LogP contribution in [-0.4, -0.2) is 17.9 Å². The molecule has 5 nitrogen and oxygen atoms in total. The number of hydrogen-bond donors (Lipinski definition) is 0. The third-order valence-corrected chi connectivity index (χ3v) is 2.79. The van der Waals surface area contributed by atoms with Gasteiger partial charge in [-0.05, 0) is 31.2 Å². The fourth-order valence-electron chi connectivity index (χ4n) is 1.76. The molecule has 0 spiro atoms. The lowest BCUT2D eigenvalue weighted by Gasteiger charge is -2.15. The Morgan fingerprint density at radius 2 is 1.95 bits per heavy atom. The molecule has 2 aromatic rings. The Balaban J connectivity index is 2.28. The predicted molar refractivity (Wildman–Crippen MR) is 69.9 cm³/mol. The summed E-state index contributed by atoms with van der Waals surface area (Å²) in [4.78, 5) is 17.8. The topological polar surface area (TPSA) is 70.1 Å². The van der Waals surface area contributed by atoms with Gasteiger partial charge in [-0.15, -0.1) is 0 Å². The molecular weight excluding hydrogens is 242 g/mol.